The first-order valence-electron chi connectivity index (χ1n) is 6.03. The van der Waals surface area contributed by atoms with E-state index in [0.29, 0.717) is 13.2 Å². The molecule has 0 aromatic rings. The summed E-state index contributed by atoms with van der Waals surface area (Å²) in [6.45, 7) is 9.54. The van der Waals surface area contributed by atoms with Crippen molar-refractivity contribution in [1.82, 2.24) is 0 Å². The molecule has 0 aromatic carbocycles. The van der Waals surface area contributed by atoms with Crippen molar-refractivity contribution < 1.29 is 14.2 Å². The number of hydrogen-bond acceptors (Lipinski definition) is 3. The molecule has 3 atom stereocenters. The molecule has 2 aliphatic rings. The molecule has 0 spiro atoms. The Morgan fingerprint density at radius 1 is 1.38 bits per heavy atom. The zero-order valence-electron chi connectivity index (χ0n) is 10.7. The van der Waals surface area contributed by atoms with Gasteiger partial charge in [0.2, 0.25) is 0 Å². The minimum absolute atomic E-state index is 0.0804. The second-order valence-electron chi connectivity index (χ2n) is 5.49. The van der Waals surface area contributed by atoms with Crippen LogP contribution in [-0.2, 0) is 14.2 Å². The summed E-state index contributed by atoms with van der Waals surface area (Å²) in [6, 6.07) is 0. The SMILES string of the molecule is CC(C)=CCC[C@@]1(C)O[C@@]2(C)COC[C@@H]1O2. The molecule has 3 nitrogen and oxygen atoms in total. The van der Waals surface area contributed by atoms with Crippen LogP contribution >= 0.6 is 0 Å². The molecule has 2 aliphatic heterocycles. The fourth-order valence-electron chi connectivity index (χ4n) is 2.49. The van der Waals surface area contributed by atoms with Gasteiger partial charge in [0.05, 0.1) is 12.2 Å². The van der Waals surface area contributed by atoms with Crippen molar-refractivity contribution in [2.24, 2.45) is 0 Å². The standard InChI is InChI=1S/C13H22O3/c1-10(2)6-5-7-12(3)11-8-14-9-13(4,15-11)16-12/h6,11H,5,7-9H2,1-4H3/t11-,12+,13-/m0/s1. The maximum absolute atomic E-state index is 6.07. The van der Waals surface area contributed by atoms with Crippen LogP contribution in [0, 0.1) is 0 Å². The van der Waals surface area contributed by atoms with E-state index in [9.17, 15) is 0 Å². The number of ether oxygens (including phenoxy) is 3. The first-order chi connectivity index (χ1) is 7.44. The molecule has 2 saturated heterocycles. The van der Waals surface area contributed by atoms with E-state index < -0.39 is 5.79 Å². The Labute approximate surface area is 97.8 Å². The number of allylic oxidation sites excluding steroid dienone is 2. The van der Waals surface area contributed by atoms with Crippen molar-refractivity contribution in [1.29, 1.82) is 0 Å². The molecule has 92 valence electrons. The largest absolute Gasteiger partial charge is 0.373 e. The van der Waals surface area contributed by atoms with Gasteiger partial charge in [-0.2, -0.15) is 0 Å². The normalized spacial score (nSPS) is 42.1. The summed E-state index contributed by atoms with van der Waals surface area (Å²) in [5.74, 6) is -0.525. The van der Waals surface area contributed by atoms with E-state index in [2.05, 4.69) is 26.8 Å². The van der Waals surface area contributed by atoms with E-state index in [-0.39, 0.29) is 11.7 Å². The van der Waals surface area contributed by atoms with Crippen molar-refractivity contribution in [2.45, 2.75) is 58.0 Å². The van der Waals surface area contributed by atoms with Crippen LogP contribution < -0.4 is 0 Å². The van der Waals surface area contributed by atoms with Crippen LogP contribution in [0.3, 0.4) is 0 Å². The Hall–Kier alpha value is -0.380. The van der Waals surface area contributed by atoms with Crippen molar-refractivity contribution >= 4 is 0 Å². The zero-order chi connectivity index (χ0) is 11.8. The van der Waals surface area contributed by atoms with Gasteiger partial charge in [0.1, 0.15) is 12.7 Å². The maximum Gasteiger partial charge on any atom is 0.190 e. The molecule has 16 heavy (non-hydrogen) atoms. The van der Waals surface area contributed by atoms with Crippen LogP contribution in [0.25, 0.3) is 0 Å². The highest BCUT2D eigenvalue weighted by Gasteiger charge is 2.54. The first-order valence-corrected chi connectivity index (χ1v) is 6.03. The van der Waals surface area contributed by atoms with Gasteiger partial charge in [-0.15, -0.1) is 0 Å². The van der Waals surface area contributed by atoms with Crippen LogP contribution in [0.5, 0.6) is 0 Å². The molecule has 0 saturated carbocycles. The summed E-state index contributed by atoms with van der Waals surface area (Å²) in [5.41, 5.74) is 1.16. The quantitative estimate of drug-likeness (QED) is 0.692. The lowest BCUT2D eigenvalue weighted by Gasteiger charge is -2.27. The second kappa shape index (κ2) is 4.13. The van der Waals surface area contributed by atoms with Gasteiger partial charge in [0.25, 0.3) is 0 Å². The zero-order valence-corrected chi connectivity index (χ0v) is 10.7. The molecule has 2 heterocycles. The Morgan fingerprint density at radius 3 is 2.75 bits per heavy atom. The summed E-state index contributed by atoms with van der Waals surface area (Å²) < 4.78 is 17.5. The summed E-state index contributed by atoms with van der Waals surface area (Å²) in [4.78, 5) is 0. The maximum atomic E-state index is 6.07. The highest BCUT2D eigenvalue weighted by molar-refractivity contribution is 5.00. The van der Waals surface area contributed by atoms with Gasteiger partial charge < -0.3 is 14.2 Å². The highest BCUT2D eigenvalue weighted by Crippen LogP contribution is 2.42. The van der Waals surface area contributed by atoms with E-state index in [1.54, 1.807) is 0 Å². The smallest absolute Gasteiger partial charge is 0.190 e. The number of hydrogen-bond donors (Lipinski definition) is 0. The molecule has 0 radical (unpaired) electrons. The third-order valence-corrected chi connectivity index (χ3v) is 3.35. The van der Waals surface area contributed by atoms with E-state index in [4.69, 9.17) is 14.2 Å². The molecule has 2 fully saturated rings. The summed E-state index contributed by atoms with van der Waals surface area (Å²) in [7, 11) is 0. The summed E-state index contributed by atoms with van der Waals surface area (Å²) in [6.07, 6.45) is 4.35. The van der Waals surface area contributed by atoms with Gasteiger partial charge in [-0.3, -0.25) is 0 Å². The average Bonchev–Trinajstić information content (AvgIpc) is 2.32. The van der Waals surface area contributed by atoms with Gasteiger partial charge in [0, 0.05) is 0 Å². The average molecular weight is 226 g/mol. The minimum atomic E-state index is -0.525. The van der Waals surface area contributed by atoms with Gasteiger partial charge in [-0.1, -0.05) is 11.6 Å². The van der Waals surface area contributed by atoms with E-state index in [1.165, 1.54) is 5.57 Å². The van der Waals surface area contributed by atoms with Crippen molar-refractivity contribution in [3.8, 4) is 0 Å². The molecule has 0 amide bonds. The molecule has 0 aliphatic carbocycles. The van der Waals surface area contributed by atoms with Crippen LogP contribution in [0.1, 0.15) is 40.5 Å². The van der Waals surface area contributed by atoms with E-state index in [0.717, 1.165) is 12.8 Å². The number of rotatable bonds is 3. The minimum Gasteiger partial charge on any atom is -0.373 e. The monoisotopic (exact) mass is 226 g/mol. The molecular weight excluding hydrogens is 204 g/mol. The Bertz CT molecular complexity index is 296. The van der Waals surface area contributed by atoms with Gasteiger partial charge in [-0.05, 0) is 40.5 Å². The molecule has 0 N–H and O–H groups in total. The van der Waals surface area contributed by atoms with Crippen LogP contribution in [-0.4, -0.2) is 30.7 Å². The summed E-state index contributed by atoms with van der Waals surface area (Å²) in [5, 5.41) is 0. The second-order valence-corrected chi connectivity index (χ2v) is 5.49. The Morgan fingerprint density at radius 2 is 2.12 bits per heavy atom. The van der Waals surface area contributed by atoms with Crippen molar-refractivity contribution in [2.75, 3.05) is 13.2 Å². The molecule has 0 aromatic heterocycles. The predicted molar refractivity (Wildman–Crippen MR) is 62.3 cm³/mol. The lowest BCUT2D eigenvalue weighted by Crippen LogP contribution is -2.40. The molecule has 2 bridgehead atoms. The Balaban J connectivity index is 2.00. The molecule has 2 rings (SSSR count). The lowest BCUT2D eigenvalue weighted by atomic mass is 9.93. The van der Waals surface area contributed by atoms with Crippen molar-refractivity contribution in [3.05, 3.63) is 11.6 Å². The van der Waals surface area contributed by atoms with Crippen LogP contribution in [0.4, 0.5) is 0 Å². The van der Waals surface area contributed by atoms with Gasteiger partial charge in [0.15, 0.2) is 5.79 Å². The molecular formula is C13H22O3. The lowest BCUT2D eigenvalue weighted by molar-refractivity contribution is -0.230. The predicted octanol–water partition coefficient (Wildman–Crippen LogP) is 2.65. The fourth-order valence-corrected chi connectivity index (χ4v) is 2.49. The van der Waals surface area contributed by atoms with Crippen molar-refractivity contribution in [3.63, 3.8) is 0 Å². The van der Waals surface area contributed by atoms with E-state index in [1.807, 2.05) is 6.92 Å². The van der Waals surface area contributed by atoms with E-state index >= 15 is 0 Å². The van der Waals surface area contributed by atoms with Gasteiger partial charge in [-0.25, -0.2) is 0 Å². The fraction of sp³-hybridized carbons (Fsp3) is 0.846. The van der Waals surface area contributed by atoms with Gasteiger partial charge >= 0.3 is 0 Å². The molecule has 3 heteroatoms. The topological polar surface area (TPSA) is 27.7 Å². The highest BCUT2D eigenvalue weighted by atomic mass is 16.8. The first kappa shape index (κ1) is 12.1. The third kappa shape index (κ3) is 2.31. The molecule has 0 unspecified atom stereocenters. The number of fused-ring (bicyclic) bond motifs is 2. The van der Waals surface area contributed by atoms with Crippen LogP contribution in [0.2, 0.25) is 0 Å². The summed E-state index contributed by atoms with van der Waals surface area (Å²) >= 11 is 0. The van der Waals surface area contributed by atoms with Crippen LogP contribution in [0.15, 0.2) is 11.6 Å². The third-order valence-electron chi connectivity index (χ3n) is 3.35. The Kier molecular flexibility index (Phi) is 3.12.